The summed E-state index contributed by atoms with van der Waals surface area (Å²) in [5.74, 6) is 0.696. The van der Waals surface area contributed by atoms with E-state index in [2.05, 4.69) is 35.6 Å². The van der Waals surface area contributed by atoms with Gasteiger partial charge in [0.25, 0.3) is 5.91 Å². The van der Waals surface area contributed by atoms with Crippen LogP contribution in [0.25, 0.3) is 0 Å². The molecule has 156 valence electrons. The molecule has 29 heavy (non-hydrogen) atoms. The number of quaternary nitrogens is 1. The lowest BCUT2D eigenvalue weighted by atomic mass is 9.90. The molecule has 1 aliphatic heterocycles. The van der Waals surface area contributed by atoms with Crippen molar-refractivity contribution in [1.29, 1.82) is 0 Å². The highest BCUT2D eigenvalue weighted by atomic mass is 32.1. The molecule has 1 aliphatic rings. The Kier molecular flexibility index (Phi) is 8.25. The van der Waals surface area contributed by atoms with Crippen LogP contribution >= 0.6 is 11.3 Å². The quantitative estimate of drug-likeness (QED) is 0.657. The number of benzene rings is 1. The highest BCUT2D eigenvalue weighted by Gasteiger charge is 2.26. The van der Waals surface area contributed by atoms with Crippen LogP contribution in [-0.4, -0.2) is 49.4 Å². The van der Waals surface area contributed by atoms with Gasteiger partial charge in [-0.05, 0) is 49.1 Å². The van der Waals surface area contributed by atoms with Gasteiger partial charge < -0.3 is 15.1 Å². The fourth-order valence-electron chi connectivity index (χ4n) is 3.94. The van der Waals surface area contributed by atoms with E-state index in [0.717, 1.165) is 37.2 Å². The number of hydrogen-bond donors (Lipinski definition) is 2. The van der Waals surface area contributed by atoms with Crippen LogP contribution in [0, 0.1) is 5.92 Å². The van der Waals surface area contributed by atoms with Crippen molar-refractivity contribution < 1.29 is 14.5 Å². The molecule has 1 aromatic carbocycles. The van der Waals surface area contributed by atoms with Gasteiger partial charge >= 0.3 is 0 Å². The Morgan fingerprint density at radius 1 is 1.14 bits per heavy atom. The number of likely N-dealkylation sites (tertiary alicyclic amines) is 1. The minimum Gasteiger partial charge on any atom is -0.350 e. The second kappa shape index (κ2) is 11.1. The maximum Gasteiger partial charge on any atom is 0.278 e. The van der Waals surface area contributed by atoms with Crippen LogP contribution in [0.5, 0.6) is 0 Å². The van der Waals surface area contributed by atoms with Gasteiger partial charge in [0, 0.05) is 11.4 Å². The fraction of sp³-hybridized carbons (Fsp3) is 0.478. The zero-order valence-corrected chi connectivity index (χ0v) is 18.0. The van der Waals surface area contributed by atoms with Crippen LogP contribution in [0.1, 0.15) is 30.2 Å². The van der Waals surface area contributed by atoms with E-state index >= 15 is 0 Å². The van der Waals surface area contributed by atoms with E-state index in [-0.39, 0.29) is 18.4 Å². The van der Waals surface area contributed by atoms with Gasteiger partial charge in [0.2, 0.25) is 5.91 Å². The number of carbonyl (C=O) groups excluding carboxylic acids is 2. The molecule has 0 saturated carbocycles. The first-order chi connectivity index (χ1) is 14.1. The second-order valence-corrected chi connectivity index (χ2v) is 8.86. The molecule has 1 fully saturated rings. The molecule has 1 aromatic heterocycles. The number of carbonyl (C=O) groups is 2. The molecule has 0 spiro atoms. The van der Waals surface area contributed by atoms with Gasteiger partial charge in [-0.2, -0.15) is 0 Å². The Morgan fingerprint density at radius 2 is 1.90 bits per heavy atom. The summed E-state index contributed by atoms with van der Waals surface area (Å²) in [7, 11) is 0. The smallest absolute Gasteiger partial charge is 0.278 e. The zero-order valence-electron chi connectivity index (χ0n) is 17.2. The third-order valence-electron chi connectivity index (χ3n) is 5.69. The maximum atomic E-state index is 12.7. The molecule has 3 rings (SSSR count). The van der Waals surface area contributed by atoms with Crippen molar-refractivity contribution in [2.75, 3.05) is 32.7 Å². The SMILES string of the molecule is CCN(CC(=O)NCc1cccs1)C(=O)C[NH+]1CCC(Cc2ccccc2)CC1. The van der Waals surface area contributed by atoms with Crippen LogP contribution in [0.2, 0.25) is 0 Å². The first kappa shape index (κ1) is 21.5. The Morgan fingerprint density at radius 3 is 2.55 bits per heavy atom. The average molecular weight is 415 g/mol. The van der Waals surface area contributed by atoms with Crippen molar-refractivity contribution in [3.05, 3.63) is 58.3 Å². The molecular formula is C23H32N3O2S+. The molecule has 2 N–H and O–H groups in total. The molecule has 0 bridgehead atoms. The van der Waals surface area contributed by atoms with Crippen molar-refractivity contribution in [2.24, 2.45) is 5.92 Å². The Hall–Kier alpha value is -2.18. The fourth-order valence-corrected chi connectivity index (χ4v) is 4.59. The van der Waals surface area contributed by atoms with Crippen molar-refractivity contribution >= 4 is 23.2 Å². The normalized spacial score (nSPS) is 18.9. The number of nitrogens with one attached hydrogen (secondary N) is 2. The minimum atomic E-state index is -0.0924. The average Bonchev–Trinajstić information content (AvgIpc) is 3.26. The van der Waals surface area contributed by atoms with Crippen LogP contribution in [0.3, 0.4) is 0 Å². The number of thiophene rings is 1. The van der Waals surface area contributed by atoms with Gasteiger partial charge in [0.1, 0.15) is 0 Å². The molecular weight excluding hydrogens is 382 g/mol. The number of amides is 2. The van der Waals surface area contributed by atoms with Crippen molar-refractivity contribution in [2.45, 2.75) is 32.7 Å². The van der Waals surface area contributed by atoms with E-state index in [9.17, 15) is 9.59 Å². The van der Waals surface area contributed by atoms with Crippen LogP contribution in [0.15, 0.2) is 47.8 Å². The predicted octanol–water partition coefficient (Wildman–Crippen LogP) is 1.75. The lowest BCUT2D eigenvalue weighted by Crippen LogP contribution is -3.14. The molecule has 2 amide bonds. The van der Waals surface area contributed by atoms with Crippen molar-refractivity contribution in [3.63, 3.8) is 0 Å². The zero-order chi connectivity index (χ0) is 20.5. The van der Waals surface area contributed by atoms with Gasteiger partial charge in [-0.25, -0.2) is 0 Å². The predicted molar refractivity (Wildman–Crippen MR) is 117 cm³/mol. The Balaban J connectivity index is 1.38. The van der Waals surface area contributed by atoms with Gasteiger partial charge in [0.05, 0.1) is 26.2 Å². The molecule has 1 saturated heterocycles. The number of likely N-dealkylation sites (N-methyl/N-ethyl adjacent to an activating group) is 1. The Bertz CT molecular complexity index is 756. The molecule has 6 heteroatoms. The maximum absolute atomic E-state index is 12.7. The highest BCUT2D eigenvalue weighted by molar-refractivity contribution is 7.09. The molecule has 0 radical (unpaired) electrons. The van der Waals surface area contributed by atoms with Gasteiger partial charge in [-0.1, -0.05) is 36.4 Å². The van der Waals surface area contributed by atoms with Crippen molar-refractivity contribution in [3.8, 4) is 0 Å². The highest BCUT2D eigenvalue weighted by Crippen LogP contribution is 2.16. The number of rotatable bonds is 9. The van der Waals surface area contributed by atoms with Crippen molar-refractivity contribution in [1.82, 2.24) is 10.2 Å². The topological polar surface area (TPSA) is 53.9 Å². The van der Waals surface area contributed by atoms with E-state index in [4.69, 9.17) is 0 Å². The van der Waals surface area contributed by atoms with E-state index in [1.165, 1.54) is 10.5 Å². The summed E-state index contributed by atoms with van der Waals surface area (Å²) >= 11 is 1.62. The number of piperidine rings is 1. The Labute approximate surface area is 177 Å². The van der Waals surface area contributed by atoms with Gasteiger partial charge in [-0.15, -0.1) is 11.3 Å². The monoisotopic (exact) mass is 414 g/mol. The summed E-state index contributed by atoms with van der Waals surface area (Å²) in [5, 5.41) is 4.90. The molecule has 2 heterocycles. The lowest BCUT2D eigenvalue weighted by molar-refractivity contribution is -0.898. The first-order valence-electron chi connectivity index (χ1n) is 10.6. The van der Waals surface area contributed by atoms with E-state index < -0.39 is 0 Å². The summed E-state index contributed by atoms with van der Waals surface area (Å²) < 4.78 is 0. The summed E-state index contributed by atoms with van der Waals surface area (Å²) in [6.45, 7) is 5.73. The minimum absolute atomic E-state index is 0.0790. The van der Waals surface area contributed by atoms with E-state index in [0.29, 0.717) is 25.6 Å². The molecule has 0 atom stereocenters. The van der Waals surface area contributed by atoms with Gasteiger partial charge in [-0.3, -0.25) is 9.59 Å². The molecule has 0 unspecified atom stereocenters. The molecule has 5 nitrogen and oxygen atoms in total. The standard InChI is InChI=1S/C23H31N3O2S/c1-2-26(17-22(27)24-16-21-9-6-14-29-21)23(28)18-25-12-10-20(11-13-25)15-19-7-4-3-5-8-19/h3-9,14,20H,2,10-13,15-18H2,1H3,(H,24,27)/p+1. The second-order valence-electron chi connectivity index (χ2n) is 7.82. The van der Waals surface area contributed by atoms with Crippen LogP contribution in [0.4, 0.5) is 0 Å². The van der Waals surface area contributed by atoms with E-state index in [1.807, 2.05) is 24.4 Å². The van der Waals surface area contributed by atoms with E-state index in [1.54, 1.807) is 16.2 Å². The molecule has 0 aliphatic carbocycles. The number of hydrogen-bond acceptors (Lipinski definition) is 3. The largest absolute Gasteiger partial charge is 0.350 e. The summed E-state index contributed by atoms with van der Waals surface area (Å²) in [5.41, 5.74) is 1.41. The van der Waals surface area contributed by atoms with Crippen LogP contribution < -0.4 is 10.2 Å². The summed E-state index contributed by atoms with van der Waals surface area (Å²) in [6, 6.07) is 14.6. The summed E-state index contributed by atoms with van der Waals surface area (Å²) in [4.78, 5) is 29.1. The lowest BCUT2D eigenvalue weighted by Gasteiger charge is -2.30. The first-order valence-corrected chi connectivity index (χ1v) is 11.5. The van der Waals surface area contributed by atoms with Gasteiger partial charge in [0.15, 0.2) is 6.54 Å². The van der Waals surface area contributed by atoms with Crippen LogP contribution in [-0.2, 0) is 22.6 Å². The third kappa shape index (κ3) is 6.98. The molecule has 2 aromatic rings. The number of nitrogens with zero attached hydrogens (tertiary/aromatic N) is 1. The third-order valence-corrected chi connectivity index (χ3v) is 6.57. The summed E-state index contributed by atoms with van der Waals surface area (Å²) in [6.07, 6.45) is 3.45.